The van der Waals surface area contributed by atoms with E-state index in [1.807, 2.05) is 5.43 Å². The van der Waals surface area contributed by atoms with Crippen molar-refractivity contribution in [2.24, 2.45) is 5.84 Å². The number of thiazole rings is 1. The van der Waals surface area contributed by atoms with E-state index in [0.29, 0.717) is 23.7 Å². The summed E-state index contributed by atoms with van der Waals surface area (Å²) in [5, 5.41) is 0.778. The molecule has 0 aliphatic carbocycles. The zero-order chi connectivity index (χ0) is 13.7. The van der Waals surface area contributed by atoms with Gasteiger partial charge in [0.25, 0.3) is 5.91 Å². The van der Waals surface area contributed by atoms with Gasteiger partial charge in [-0.3, -0.25) is 10.2 Å². The molecule has 19 heavy (non-hydrogen) atoms. The van der Waals surface area contributed by atoms with E-state index in [-0.39, 0.29) is 11.7 Å². The lowest BCUT2D eigenvalue weighted by molar-refractivity contribution is 0.0957. The molecule has 2 rings (SSSR count). The summed E-state index contributed by atoms with van der Waals surface area (Å²) in [5.41, 5.74) is 2.05. The molecular formula is C12H12FN3O2S. The fourth-order valence-corrected chi connectivity index (χ4v) is 2.19. The van der Waals surface area contributed by atoms with Crippen molar-refractivity contribution in [1.82, 2.24) is 10.4 Å². The van der Waals surface area contributed by atoms with Gasteiger partial charge in [0, 0.05) is 6.42 Å². The summed E-state index contributed by atoms with van der Waals surface area (Å²) in [6, 6.07) is 5.79. The first kappa shape index (κ1) is 13.4. The molecule has 7 heteroatoms. The van der Waals surface area contributed by atoms with Crippen LogP contribution in [0.3, 0.4) is 0 Å². The summed E-state index contributed by atoms with van der Waals surface area (Å²) in [6.45, 7) is 0.406. The van der Waals surface area contributed by atoms with E-state index in [1.54, 1.807) is 12.1 Å². The van der Waals surface area contributed by atoms with E-state index < -0.39 is 0 Å². The van der Waals surface area contributed by atoms with Crippen LogP contribution < -0.4 is 16.0 Å². The fraction of sp³-hybridized carbons (Fsp3) is 0.167. The molecule has 0 unspecified atom stereocenters. The van der Waals surface area contributed by atoms with Gasteiger partial charge in [-0.2, -0.15) is 0 Å². The summed E-state index contributed by atoms with van der Waals surface area (Å²) >= 11 is 1.26. The number of rotatable bonds is 5. The number of nitrogens with zero attached hydrogens (tertiary/aromatic N) is 1. The Labute approximate surface area is 113 Å². The van der Waals surface area contributed by atoms with Crippen molar-refractivity contribution in [3.8, 4) is 5.75 Å². The number of nitrogen functional groups attached to an aromatic ring is 1. The highest BCUT2D eigenvalue weighted by atomic mass is 32.1. The lowest BCUT2D eigenvalue weighted by Crippen LogP contribution is -2.29. The molecule has 100 valence electrons. The summed E-state index contributed by atoms with van der Waals surface area (Å²) in [6.07, 6.45) is 2.04. The van der Waals surface area contributed by atoms with E-state index in [9.17, 15) is 9.18 Å². The first-order chi connectivity index (χ1) is 9.19. The second-order valence-corrected chi connectivity index (χ2v) is 4.76. The van der Waals surface area contributed by atoms with Crippen LogP contribution in [0.1, 0.15) is 14.7 Å². The number of nitrogens with two attached hydrogens (primary N) is 1. The van der Waals surface area contributed by atoms with Gasteiger partial charge in [0.05, 0.1) is 17.8 Å². The minimum absolute atomic E-state index is 0.301. The predicted molar refractivity (Wildman–Crippen MR) is 69.4 cm³/mol. The number of halogens is 1. The topological polar surface area (TPSA) is 77.2 Å². The summed E-state index contributed by atoms with van der Waals surface area (Å²) in [7, 11) is 0. The molecule has 0 saturated carbocycles. The van der Waals surface area contributed by atoms with E-state index in [4.69, 9.17) is 10.6 Å². The van der Waals surface area contributed by atoms with E-state index in [2.05, 4.69) is 4.98 Å². The van der Waals surface area contributed by atoms with Gasteiger partial charge in [0.15, 0.2) is 0 Å². The van der Waals surface area contributed by atoms with Crippen LogP contribution in [-0.2, 0) is 6.42 Å². The number of aromatic nitrogens is 1. The third-order valence-corrected chi connectivity index (χ3v) is 3.36. The number of hydrogen-bond acceptors (Lipinski definition) is 5. The van der Waals surface area contributed by atoms with Crippen molar-refractivity contribution < 1.29 is 13.9 Å². The molecule has 0 bridgehead atoms. The van der Waals surface area contributed by atoms with Crippen molar-refractivity contribution in [3.05, 3.63) is 46.2 Å². The van der Waals surface area contributed by atoms with Gasteiger partial charge < -0.3 is 4.74 Å². The summed E-state index contributed by atoms with van der Waals surface area (Å²) in [5.74, 6) is 4.96. The second-order valence-electron chi connectivity index (χ2n) is 3.64. The summed E-state index contributed by atoms with van der Waals surface area (Å²) in [4.78, 5) is 15.8. The molecule has 0 aliphatic heterocycles. The zero-order valence-electron chi connectivity index (χ0n) is 9.93. The third kappa shape index (κ3) is 3.73. The molecule has 0 fully saturated rings. The Morgan fingerprint density at radius 2 is 2.16 bits per heavy atom. The van der Waals surface area contributed by atoms with Gasteiger partial charge in [0.2, 0.25) is 0 Å². The molecular weight excluding hydrogens is 269 g/mol. The van der Waals surface area contributed by atoms with Crippen LogP contribution in [0.25, 0.3) is 0 Å². The lowest BCUT2D eigenvalue weighted by Gasteiger charge is -2.04. The van der Waals surface area contributed by atoms with E-state index in [0.717, 1.165) is 5.01 Å². The molecule has 0 atom stereocenters. The molecule has 1 heterocycles. The van der Waals surface area contributed by atoms with Crippen molar-refractivity contribution in [1.29, 1.82) is 0 Å². The molecule has 2 aromatic rings. The number of ether oxygens (including phenoxy) is 1. The molecule has 5 nitrogen and oxygen atoms in total. The number of benzene rings is 1. The van der Waals surface area contributed by atoms with E-state index >= 15 is 0 Å². The van der Waals surface area contributed by atoms with Crippen LogP contribution in [0.2, 0.25) is 0 Å². The Kier molecular flexibility index (Phi) is 4.43. The fourth-order valence-electron chi connectivity index (χ4n) is 1.39. The number of nitrogens with one attached hydrogen (secondary N) is 1. The van der Waals surface area contributed by atoms with Gasteiger partial charge >= 0.3 is 0 Å². The van der Waals surface area contributed by atoms with E-state index in [1.165, 1.54) is 29.7 Å². The monoisotopic (exact) mass is 281 g/mol. The van der Waals surface area contributed by atoms with Gasteiger partial charge in [0.1, 0.15) is 16.4 Å². The van der Waals surface area contributed by atoms with Crippen molar-refractivity contribution in [3.63, 3.8) is 0 Å². The minimum atomic E-state index is -0.358. The molecule has 0 aliphatic rings. The maximum atomic E-state index is 12.7. The molecule has 0 spiro atoms. The van der Waals surface area contributed by atoms with Crippen LogP contribution in [0.5, 0.6) is 5.75 Å². The molecule has 0 saturated heterocycles. The Bertz CT molecular complexity index is 556. The number of amides is 1. The number of hydrazine groups is 1. The quantitative estimate of drug-likeness (QED) is 0.495. The van der Waals surface area contributed by atoms with Gasteiger partial charge in [-0.25, -0.2) is 15.2 Å². The second kappa shape index (κ2) is 6.26. The standard InChI is InChI=1S/C12H12FN3O2S/c13-8-1-3-9(4-2-8)18-6-5-11-15-7-10(19-11)12(17)16-14/h1-4,7H,5-6,14H2,(H,16,17). The average Bonchev–Trinajstić information content (AvgIpc) is 2.89. The molecule has 0 radical (unpaired) electrons. The van der Waals surface area contributed by atoms with Crippen LogP contribution in [-0.4, -0.2) is 17.5 Å². The number of hydrogen-bond donors (Lipinski definition) is 2. The Balaban J connectivity index is 1.84. The molecule has 3 N–H and O–H groups in total. The highest BCUT2D eigenvalue weighted by Crippen LogP contribution is 2.15. The van der Waals surface area contributed by atoms with Crippen LogP contribution in [0.15, 0.2) is 30.5 Å². The smallest absolute Gasteiger partial charge is 0.276 e. The number of carbonyl (C=O) groups is 1. The highest BCUT2D eigenvalue weighted by Gasteiger charge is 2.08. The Morgan fingerprint density at radius 1 is 1.42 bits per heavy atom. The van der Waals surface area contributed by atoms with Crippen LogP contribution in [0.4, 0.5) is 4.39 Å². The normalized spacial score (nSPS) is 10.2. The van der Waals surface area contributed by atoms with Crippen LogP contribution >= 0.6 is 11.3 Å². The third-order valence-electron chi connectivity index (χ3n) is 2.31. The Morgan fingerprint density at radius 3 is 2.84 bits per heavy atom. The van der Waals surface area contributed by atoms with Crippen molar-refractivity contribution >= 4 is 17.2 Å². The van der Waals surface area contributed by atoms with Gasteiger partial charge in [-0.05, 0) is 24.3 Å². The van der Waals surface area contributed by atoms with Crippen molar-refractivity contribution in [2.45, 2.75) is 6.42 Å². The average molecular weight is 281 g/mol. The molecule has 1 amide bonds. The SMILES string of the molecule is NNC(=O)c1cnc(CCOc2ccc(F)cc2)s1. The maximum Gasteiger partial charge on any atom is 0.276 e. The zero-order valence-corrected chi connectivity index (χ0v) is 10.7. The number of carbonyl (C=O) groups excluding carboxylic acids is 1. The lowest BCUT2D eigenvalue weighted by atomic mass is 10.3. The summed E-state index contributed by atoms with van der Waals surface area (Å²) < 4.78 is 18.1. The Hall–Kier alpha value is -1.99. The predicted octanol–water partition coefficient (Wildman–Crippen LogP) is 1.51. The van der Waals surface area contributed by atoms with Gasteiger partial charge in [-0.15, -0.1) is 11.3 Å². The maximum absolute atomic E-state index is 12.7. The van der Waals surface area contributed by atoms with Gasteiger partial charge in [-0.1, -0.05) is 0 Å². The first-order valence-corrected chi connectivity index (χ1v) is 6.34. The molecule has 1 aromatic carbocycles. The first-order valence-electron chi connectivity index (χ1n) is 5.53. The van der Waals surface area contributed by atoms with Crippen LogP contribution in [0, 0.1) is 5.82 Å². The highest BCUT2D eigenvalue weighted by molar-refractivity contribution is 7.13. The minimum Gasteiger partial charge on any atom is -0.493 e. The largest absolute Gasteiger partial charge is 0.493 e. The van der Waals surface area contributed by atoms with Crippen molar-refractivity contribution in [2.75, 3.05) is 6.61 Å². The molecule has 1 aromatic heterocycles.